The predicted molar refractivity (Wildman–Crippen MR) is 79.7 cm³/mol. The fraction of sp³-hybridized carbons (Fsp3) is 0.0769. The minimum Gasteiger partial charge on any atom is -0.465 e. The second kappa shape index (κ2) is 6.15. The van der Waals surface area contributed by atoms with Crippen molar-refractivity contribution in [3.05, 3.63) is 45.8 Å². The number of benzene rings is 1. The molecule has 110 valence electrons. The molecule has 0 aliphatic carbocycles. The number of nitrogen functional groups attached to an aromatic ring is 1. The van der Waals surface area contributed by atoms with E-state index in [-0.39, 0.29) is 21.3 Å². The van der Waals surface area contributed by atoms with E-state index in [4.69, 9.17) is 28.9 Å². The molecule has 2 rings (SSSR count). The molecule has 0 radical (unpaired) electrons. The largest absolute Gasteiger partial charge is 0.465 e. The highest BCUT2D eigenvalue weighted by atomic mass is 35.5. The highest BCUT2D eigenvalue weighted by Crippen LogP contribution is 2.29. The Morgan fingerprint density at radius 2 is 1.95 bits per heavy atom. The van der Waals surface area contributed by atoms with Crippen molar-refractivity contribution in [1.82, 2.24) is 4.98 Å². The third-order valence-electron chi connectivity index (χ3n) is 2.60. The van der Waals surface area contributed by atoms with Crippen LogP contribution in [0.2, 0.25) is 10.0 Å². The number of methoxy groups -OCH3 is 1. The molecule has 0 saturated carbocycles. The molecule has 0 atom stereocenters. The van der Waals surface area contributed by atoms with E-state index in [1.807, 2.05) is 0 Å². The van der Waals surface area contributed by atoms with Gasteiger partial charge < -0.3 is 15.8 Å². The van der Waals surface area contributed by atoms with E-state index in [9.17, 15) is 9.18 Å². The Balaban J connectivity index is 2.34. The molecule has 5 nitrogen and oxygen atoms in total. The van der Waals surface area contributed by atoms with Crippen molar-refractivity contribution in [3.63, 3.8) is 0 Å². The molecule has 1 aromatic heterocycles. The van der Waals surface area contributed by atoms with Gasteiger partial charge in [-0.3, -0.25) is 0 Å². The quantitative estimate of drug-likeness (QED) is 0.664. The first-order chi connectivity index (χ1) is 9.92. The number of hydrogen-bond acceptors (Lipinski definition) is 5. The van der Waals surface area contributed by atoms with Crippen LogP contribution in [0.15, 0.2) is 24.4 Å². The molecular weight excluding hydrogens is 320 g/mol. The molecule has 8 heteroatoms. The van der Waals surface area contributed by atoms with Gasteiger partial charge in [0.25, 0.3) is 0 Å². The average molecular weight is 330 g/mol. The third kappa shape index (κ3) is 3.34. The van der Waals surface area contributed by atoms with Gasteiger partial charge in [0.2, 0.25) is 0 Å². The van der Waals surface area contributed by atoms with Crippen molar-refractivity contribution in [1.29, 1.82) is 0 Å². The van der Waals surface area contributed by atoms with Gasteiger partial charge in [-0.05, 0) is 18.2 Å². The number of nitrogens with one attached hydrogen (secondary N) is 1. The molecule has 21 heavy (non-hydrogen) atoms. The van der Waals surface area contributed by atoms with Gasteiger partial charge in [-0.25, -0.2) is 14.2 Å². The van der Waals surface area contributed by atoms with E-state index in [0.29, 0.717) is 11.5 Å². The van der Waals surface area contributed by atoms with Crippen LogP contribution in [0.4, 0.5) is 21.6 Å². The molecule has 0 spiro atoms. The number of nitrogens with two attached hydrogens (primary N) is 1. The van der Waals surface area contributed by atoms with E-state index >= 15 is 0 Å². The number of aromatic nitrogens is 1. The predicted octanol–water partition coefficient (Wildman–Crippen LogP) is 3.64. The SMILES string of the molecule is COC(=O)c1cc(Nc2cc(Cl)c(F)c(Cl)c2)ncc1N. The number of nitrogens with zero attached hydrogens (tertiary/aromatic N) is 1. The summed E-state index contributed by atoms with van der Waals surface area (Å²) in [4.78, 5) is 15.6. The number of hydrogen-bond donors (Lipinski definition) is 2. The van der Waals surface area contributed by atoms with E-state index in [1.165, 1.54) is 31.5 Å². The van der Waals surface area contributed by atoms with Crippen LogP contribution in [0.3, 0.4) is 0 Å². The number of carbonyl (C=O) groups excluding carboxylic acids is 1. The van der Waals surface area contributed by atoms with Gasteiger partial charge >= 0.3 is 5.97 Å². The molecule has 0 aliphatic heterocycles. The minimum atomic E-state index is -0.704. The second-order valence-corrected chi connectivity index (χ2v) is 4.84. The van der Waals surface area contributed by atoms with E-state index in [1.54, 1.807) is 0 Å². The molecule has 0 bridgehead atoms. The standard InChI is InChI=1S/C13H10Cl2FN3O2/c1-21-13(20)7-4-11(18-5-10(7)17)19-6-2-8(14)12(16)9(15)3-6/h2-5H,17H2,1H3,(H,18,19). The van der Waals surface area contributed by atoms with E-state index < -0.39 is 11.8 Å². The van der Waals surface area contributed by atoms with Crippen LogP contribution in [0.25, 0.3) is 0 Å². The van der Waals surface area contributed by atoms with Gasteiger partial charge in [-0.1, -0.05) is 23.2 Å². The monoisotopic (exact) mass is 329 g/mol. The Morgan fingerprint density at radius 3 is 2.52 bits per heavy atom. The summed E-state index contributed by atoms with van der Waals surface area (Å²) in [6.07, 6.45) is 1.31. The molecule has 1 aromatic carbocycles. The molecule has 2 aromatic rings. The smallest absolute Gasteiger partial charge is 0.340 e. The summed E-state index contributed by atoms with van der Waals surface area (Å²) < 4.78 is 17.9. The number of pyridine rings is 1. The maximum atomic E-state index is 13.3. The Kier molecular flexibility index (Phi) is 4.50. The maximum Gasteiger partial charge on any atom is 0.340 e. The highest BCUT2D eigenvalue weighted by Gasteiger charge is 2.13. The summed E-state index contributed by atoms with van der Waals surface area (Å²) >= 11 is 11.4. The lowest BCUT2D eigenvalue weighted by molar-refractivity contribution is 0.0602. The fourth-order valence-electron chi connectivity index (χ4n) is 1.60. The number of esters is 1. The topological polar surface area (TPSA) is 77.2 Å². The van der Waals surface area contributed by atoms with Gasteiger partial charge in [0, 0.05) is 5.69 Å². The Morgan fingerprint density at radius 1 is 1.33 bits per heavy atom. The number of anilines is 3. The van der Waals surface area contributed by atoms with Crippen molar-refractivity contribution >= 4 is 46.4 Å². The van der Waals surface area contributed by atoms with Gasteiger partial charge in [-0.2, -0.15) is 0 Å². The fourth-order valence-corrected chi connectivity index (χ4v) is 2.08. The average Bonchev–Trinajstić information content (AvgIpc) is 2.46. The first kappa shape index (κ1) is 15.3. The Labute approximate surface area is 129 Å². The lowest BCUT2D eigenvalue weighted by Gasteiger charge is -2.10. The zero-order valence-electron chi connectivity index (χ0n) is 10.8. The van der Waals surface area contributed by atoms with Gasteiger partial charge in [0.05, 0.1) is 34.6 Å². The summed E-state index contributed by atoms with van der Waals surface area (Å²) in [6, 6.07) is 4.10. The molecule has 0 amide bonds. The number of rotatable bonds is 3. The van der Waals surface area contributed by atoms with Crippen LogP contribution in [-0.2, 0) is 4.74 Å². The van der Waals surface area contributed by atoms with Gasteiger partial charge in [-0.15, -0.1) is 0 Å². The summed E-state index contributed by atoms with van der Waals surface area (Å²) in [5.74, 6) is -0.985. The molecule has 0 aliphatic rings. The number of halogens is 3. The molecule has 0 fully saturated rings. The Hall–Kier alpha value is -2.05. The highest BCUT2D eigenvalue weighted by molar-refractivity contribution is 6.35. The van der Waals surface area contributed by atoms with Crippen molar-refractivity contribution in [2.75, 3.05) is 18.2 Å². The minimum absolute atomic E-state index is 0.131. The molecule has 0 unspecified atom stereocenters. The molecule has 1 heterocycles. The van der Waals surface area contributed by atoms with Crippen LogP contribution in [-0.4, -0.2) is 18.1 Å². The van der Waals surface area contributed by atoms with Crippen LogP contribution >= 0.6 is 23.2 Å². The van der Waals surface area contributed by atoms with E-state index in [2.05, 4.69) is 15.0 Å². The van der Waals surface area contributed by atoms with Crippen molar-refractivity contribution < 1.29 is 13.9 Å². The van der Waals surface area contributed by atoms with Crippen molar-refractivity contribution in [2.24, 2.45) is 0 Å². The Bertz CT molecular complexity index is 687. The third-order valence-corrected chi connectivity index (χ3v) is 3.15. The zero-order chi connectivity index (χ0) is 15.6. The van der Waals surface area contributed by atoms with Crippen LogP contribution in [0.5, 0.6) is 0 Å². The lowest BCUT2D eigenvalue weighted by atomic mass is 10.2. The van der Waals surface area contributed by atoms with Gasteiger partial charge in [0.15, 0.2) is 5.82 Å². The molecule has 3 N–H and O–H groups in total. The number of ether oxygens (including phenoxy) is 1. The first-order valence-electron chi connectivity index (χ1n) is 5.67. The normalized spacial score (nSPS) is 10.3. The summed E-state index contributed by atoms with van der Waals surface area (Å²) in [5, 5.41) is 2.59. The zero-order valence-corrected chi connectivity index (χ0v) is 12.3. The van der Waals surface area contributed by atoms with Crippen LogP contribution in [0.1, 0.15) is 10.4 Å². The number of carbonyl (C=O) groups is 1. The molecular formula is C13H10Cl2FN3O2. The second-order valence-electron chi connectivity index (χ2n) is 4.03. The molecule has 0 saturated heterocycles. The summed E-state index contributed by atoms with van der Waals surface area (Å²) in [7, 11) is 1.24. The van der Waals surface area contributed by atoms with Gasteiger partial charge in [0.1, 0.15) is 5.82 Å². The summed E-state index contributed by atoms with van der Waals surface area (Å²) in [6.45, 7) is 0. The van der Waals surface area contributed by atoms with Crippen LogP contribution < -0.4 is 11.1 Å². The maximum absolute atomic E-state index is 13.3. The first-order valence-corrected chi connectivity index (χ1v) is 6.43. The van der Waals surface area contributed by atoms with Crippen molar-refractivity contribution in [3.8, 4) is 0 Å². The lowest BCUT2D eigenvalue weighted by Crippen LogP contribution is -2.07. The van der Waals surface area contributed by atoms with Crippen molar-refractivity contribution in [2.45, 2.75) is 0 Å². The van der Waals surface area contributed by atoms with Crippen LogP contribution in [0, 0.1) is 5.82 Å². The van der Waals surface area contributed by atoms with E-state index in [0.717, 1.165) is 0 Å². The summed E-state index contributed by atoms with van der Waals surface area (Å²) in [5.41, 5.74) is 6.41.